The molecule has 6 nitrogen and oxygen atoms in total. The topological polar surface area (TPSA) is 84.0 Å². The summed E-state index contributed by atoms with van der Waals surface area (Å²) in [5.74, 6) is -0.291. The summed E-state index contributed by atoms with van der Waals surface area (Å²) in [6, 6.07) is 9.00. The van der Waals surface area contributed by atoms with Gasteiger partial charge < -0.3 is 5.32 Å². The molecule has 20 heavy (non-hydrogen) atoms. The van der Waals surface area contributed by atoms with Crippen LogP contribution in [0.15, 0.2) is 46.1 Å². The van der Waals surface area contributed by atoms with Crippen molar-refractivity contribution in [2.45, 2.75) is 20.0 Å². The summed E-state index contributed by atoms with van der Waals surface area (Å²) in [7, 11) is 0. The lowest BCUT2D eigenvalue weighted by molar-refractivity contribution is -0.121. The number of aryl methyl sites for hydroxylation is 1. The molecule has 1 heterocycles. The van der Waals surface area contributed by atoms with Gasteiger partial charge in [0, 0.05) is 18.8 Å². The fraction of sp³-hybridized carbons (Fsp3) is 0.214. The number of nitrogens with one attached hydrogen (secondary N) is 2. The highest BCUT2D eigenvalue weighted by Gasteiger charge is 2.04. The molecular weight excluding hydrogens is 258 g/mol. The standard InChI is InChI=1S/C14H15N3O3/c1-10-3-2-4-11(7-10)8-15-13(19)9-17-6-5-12(18)16-14(17)20/h2-7H,8-9H2,1H3,(H,15,19)(H,16,18,20). The molecule has 0 aliphatic rings. The third kappa shape index (κ3) is 3.68. The molecule has 1 aromatic carbocycles. The minimum Gasteiger partial charge on any atom is -0.350 e. The lowest BCUT2D eigenvalue weighted by atomic mass is 10.1. The lowest BCUT2D eigenvalue weighted by Crippen LogP contribution is -2.35. The normalized spacial score (nSPS) is 10.2. The van der Waals surface area contributed by atoms with Gasteiger partial charge in [-0.2, -0.15) is 0 Å². The number of amides is 1. The van der Waals surface area contributed by atoms with Gasteiger partial charge in [0.2, 0.25) is 5.91 Å². The maximum Gasteiger partial charge on any atom is 0.328 e. The molecule has 0 unspecified atom stereocenters. The average Bonchev–Trinajstić information content (AvgIpc) is 2.40. The molecule has 2 aromatic rings. The molecule has 0 radical (unpaired) electrons. The molecule has 1 aromatic heterocycles. The van der Waals surface area contributed by atoms with Crippen molar-refractivity contribution in [2.75, 3.05) is 0 Å². The number of carbonyl (C=O) groups is 1. The van der Waals surface area contributed by atoms with Gasteiger partial charge >= 0.3 is 5.69 Å². The summed E-state index contributed by atoms with van der Waals surface area (Å²) >= 11 is 0. The number of hydrogen-bond acceptors (Lipinski definition) is 3. The third-order valence-corrected chi connectivity index (χ3v) is 2.78. The highest BCUT2D eigenvalue weighted by Crippen LogP contribution is 2.03. The van der Waals surface area contributed by atoms with Gasteiger partial charge in [0.15, 0.2) is 0 Å². The van der Waals surface area contributed by atoms with Crippen LogP contribution >= 0.6 is 0 Å². The second kappa shape index (κ2) is 6.01. The van der Waals surface area contributed by atoms with E-state index in [0.717, 1.165) is 15.7 Å². The summed E-state index contributed by atoms with van der Waals surface area (Å²) in [5, 5.41) is 2.73. The molecule has 2 rings (SSSR count). The number of rotatable bonds is 4. The number of carbonyl (C=O) groups excluding carboxylic acids is 1. The molecule has 2 N–H and O–H groups in total. The van der Waals surface area contributed by atoms with E-state index in [0.29, 0.717) is 6.54 Å². The van der Waals surface area contributed by atoms with Gasteiger partial charge in [0.25, 0.3) is 5.56 Å². The van der Waals surface area contributed by atoms with Crippen molar-refractivity contribution in [1.82, 2.24) is 14.9 Å². The van der Waals surface area contributed by atoms with Crippen LogP contribution in [-0.4, -0.2) is 15.5 Å². The highest BCUT2D eigenvalue weighted by atomic mass is 16.2. The first-order valence-electron chi connectivity index (χ1n) is 6.16. The van der Waals surface area contributed by atoms with E-state index < -0.39 is 11.2 Å². The van der Waals surface area contributed by atoms with Crippen LogP contribution in [0, 0.1) is 6.92 Å². The molecule has 104 valence electrons. The Morgan fingerprint density at radius 3 is 2.80 bits per heavy atom. The smallest absolute Gasteiger partial charge is 0.328 e. The van der Waals surface area contributed by atoms with Crippen LogP contribution in [-0.2, 0) is 17.9 Å². The fourth-order valence-corrected chi connectivity index (χ4v) is 1.80. The van der Waals surface area contributed by atoms with E-state index in [1.807, 2.05) is 31.2 Å². The van der Waals surface area contributed by atoms with Crippen LogP contribution in [0.4, 0.5) is 0 Å². The Bertz CT molecular complexity index is 731. The zero-order valence-corrected chi connectivity index (χ0v) is 11.1. The second-order valence-corrected chi connectivity index (χ2v) is 4.50. The third-order valence-electron chi connectivity index (χ3n) is 2.78. The molecule has 0 saturated carbocycles. The SMILES string of the molecule is Cc1cccc(CNC(=O)Cn2ccc(=O)[nH]c2=O)c1. The largest absolute Gasteiger partial charge is 0.350 e. The number of aromatic amines is 1. The predicted molar refractivity (Wildman–Crippen MR) is 74.3 cm³/mol. The van der Waals surface area contributed by atoms with E-state index in [4.69, 9.17) is 0 Å². The van der Waals surface area contributed by atoms with Gasteiger partial charge in [-0.1, -0.05) is 29.8 Å². The summed E-state index contributed by atoms with van der Waals surface area (Å²) in [4.78, 5) is 36.2. The number of hydrogen-bond donors (Lipinski definition) is 2. The molecule has 0 bridgehead atoms. The number of aromatic nitrogens is 2. The van der Waals surface area contributed by atoms with Gasteiger partial charge in [0.1, 0.15) is 6.54 Å². The van der Waals surface area contributed by atoms with Gasteiger partial charge in [-0.05, 0) is 12.5 Å². The molecular formula is C14H15N3O3. The lowest BCUT2D eigenvalue weighted by Gasteiger charge is -2.07. The zero-order valence-electron chi connectivity index (χ0n) is 11.1. The van der Waals surface area contributed by atoms with Crippen LogP contribution in [0.5, 0.6) is 0 Å². The predicted octanol–water partition coefficient (Wildman–Crippen LogP) is 0.161. The van der Waals surface area contributed by atoms with Gasteiger partial charge in [-0.3, -0.25) is 19.1 Å². The number of H-pyrrole nitrogens is 1. The molecule has 0 fully saturated rings. The van der Waals surface area contributed by atoms with Crippen LogP contribution in [0.1, 0.15) is 11.1 Å². The summed E-state index contributed by atoms with van der Waals surface area (Å²) in [5.41, 5.74) is 1.04. The zero-order chi connectivity index (χ0) is 14.5. The van der Waals surface area contributed by atoms with Gasteiger partial charge in [-0.15, -0.1) is 0 Å². The van der Waals surface area contributed by atoms with Crippen molar-refractivity contribution >= 4 is 5.91 Å². The minimum absolute atomic E-state index is 0.124. The van der Waals surface area contributed by atoms with Crippen molar-refractivity contribution < 1.29 is 4.79 Å². The quantitative estimate of drug-likeness (QED) is 0.832. The molecule has 6 heteroatoms. The highest BCUT2D eigenvalue weighted by molar-refractivity contribution is 5.75. The van der Waals surface area contributed by atoms with E-state index in [1.165, 1.54) is 12.3 Å². The van der Waals surface area contributed by atoms with Crippen LogP contribution in [0.3, 0.4) is 0 Å². The fourth-order valence-electron chi connectivity index (χ4n) is 1.80. The molecule has 1 amide bonds. The average molecular weight is 273 g/mol. The van der Waals surface area contributed by atoms with E-state index in [9.17, 15) is 14.4 Å². The van der Waals surface area contributed by atoms with Gasteiger partial charge in [-0.25, -0.2) is 4.79 Å². The first kappa shape index (κ1) is 13.8. The molecule has 0 aliphatic heterocycles. The van der Waals surface area contributed by atoms with E-state index in [1.54, 1.807) is 0 Å². The Morgan fingerprint density at radius 2 is 2.10 bits per heavy atom. The summed E-state index contributed by atoms with van der Waals surface area (Å²) < 4.78 is 1.15. The van der Waals surface area contributed by atoms with Crippen molar-refractivity contribution in [3.05, 3.63) is 68.5 Å². The molecule has 0 saturated heterocycles. The van der Waals surface area contributed by atoms with E-state index >= 15 is 0 Å². The van der Waals surface area contributed by atoms with Crippen LogP contribution in [0.2, 0.25) is 0 Å². The Labute approximate surface area is 115 Å². The maximum absolute atomic E-state index is 11.7. The van der Waals surface area contributed by atoms with Crippen molar-refractivity contribution in [3.63, 3.8) is 0 Å². The minimum atomic E-state index is -0.594. The Hall–Kier alpha value is -2.63. The monoisotopic (exact) mass is 273 g/mol. The number of benzene rings is 1. The Kier molecular flexibility index (Phi) is 4.14. The number of nitrogens with zero attached hydrogens (tertiary/aromatic N) is 1. The van der Waals surface area contributed by atoms with Crippen LogP contribution in [0.25, 0.3) is 0 Å². The molecule has 0 atom stereocenters. The van der Waals surface area contributed by atoms with Crippen molar-refractivity contribution in [2.24, 2.45) is 0 Å². The first-order chi connectivity index (χ1) is 9.54. The first-order valence-corrected chi connectivity index (χ1v) is 6.16. The Balaban J connectivity index is 1.96. The van der Waals surface area contributed by atoms with E-state index in [2.05, 4.69) is 10.3 Å². The van der Waals surface area contributed by atoms with Gasteiger partial charge in [0.05, 0.1) is 0 Å². The molecule has 0 spiro atoms. The van der Waals surface area contributed by atoms with Crippen molar-refractivity contribution in [3.8, 4) is 0 Å². The van der Waals surface area contributed by atoms with Crippen molar-refractivity contribution in [1.29, 1.82) is 0 Å². The second-order valence-electron chi connectivity index (χ2n) is 4.50. The summed E-state index contributed by atoms with van der Waals surface area (Å²) in [6.07, 6.45) is 1.30. The molecule has 0 aliphatic carbocycles. The van der Waals surface area contributed by atoms with Crippen LogP contribution < -0.4 is 16.6 Å². The summed E-state index contributed by atoms with van der Waals surface area (Å²) in [6.45, 7) is 2.26. The maximum atomic E-state index is 11.7. The Morgan fingerprint density at radius 1 is 1.30 bits per heavy atom. The van der Waals surface area contributed by atoms with E-state index in [-0.39, 0.29) is 12.5 Å².